The van der Waals surface area contributed by atoms with Crippen molar-refractivity contribution in [3.63, 3.8) is 0 Å². The molecule has 1 heterocycles. The van der Waals surface area contributed by atoms with Crippen molar-refractivity contribution in [1.82, 2.24) is 63.1 Å². The predicted octanol–water partition coefficient (Wildman–Crippen LogP) is -4.45. The van der Waals surface area contributed by atoms with E-state index in [2.05, 4.69) is 88.4 Å². The topological polar surface area (TPSA) is 547 Å². The molecule has 0 aliphatic carbocycles. The molecule has 12 amide bonds. The summed E-state index contributed by atoms with van der Waals surface area (Å²) >= 11 is 7.92. The maximum Gasteiger partial charge on any atom is 0.327 e. The first kappa shape index (κ1) is 79.5. The molecule has 1 aromatic carbocycles. The van der Waals surface area contributed by atoms with Crippen LogP contribution in [0.2, 0.25) is 0 Å². The van der Waals surface area contributed by atoms with Gasteiger partial charge in [-0.1, -0.05) is 53.7 Å². The lowest BCUT2D eigenvalue weighted by Gasteiger charge is -2.29. The minimum Gasteiger partial charge on any atom is -0.508 e. The molecule has 0 bridgehead atoms. The normalized spacial score (nSPS) is 14.8. The molecule has 0 aliphatic heterocycles. The number of aliphatic hydroxyl groups is 1. The number of carbonyl (C=O) groups is 14. The number of phenols is 1. The van der Waals surface area contributed by atoms with Crippen LogP contribution in [0.4, 0.5) is 0 Å². The molecule has 33 nitrogen and oxygen atoms in total. The molecule has 2 aromatic rings. The maximum absolute atomic E-state index is 14.6. The number of rotatable bonds is 43. The van der Waals surface area contributed by atoms with E-state index in [1.54, 1.807) is 41.5 Å². The van der Waals surface area contributed by atoms with Gasteiger partial charge in [-0.3, -0.25) is 62.3 Å². The van der Waals surface area contributed by atoms with E-state index >= 15 is 0 Å². The van der Waals surface area contributed by atoms with E-state index < -0.39 is 182 Å². The molecule has 35 heteroatoms. The van der Waals surface area contributed by atoms with Crippen molar-refractivity contribution < 1.29 is 87.5 Å². The Balaban J connectivity index is 2.56. The quantitative estimate of drug-likeness (QED) is 0.0279. The van der Waals surface area contributed by atoms with Gasteiger partial charge in [0.25, 0.3) is 0 Å². The number of benzene rings is 1. The van der Waals surface area contributed by atoms with Crippen molar-refractivity contribution in [2.24, 2.45) is 35.0 Å². The number of aromatic amines is 1. The number of primary amides is 2. The number of nitrogens with zero attached hydrogens (tertiary/aromatic N) is 1. The summed E-state index contributed by atoms with van der Waals surface area (Å²) in [5, 5.41) is 64.2. The Hall–Kier alpha value is -8.57. The maximum atomic E-state index is 14.6. The standard InChI is InChI=1S/C57H89N15O18S2/c1-27(2)17-37(51(83)64-35(12-15-45(60)76)50(82)72-43(25-92)57(89)90)67-53(85)39(19-29(5)6)68-52(84)38(18-28(3)4)66-48(80)36(13-16-46(77)78)65-55(87)41(21-31-22-61-26-62-31)70-54(86)40(20-30-7-9-32(74)10-8-30)69-56(88)42(23-73)71-49(81)34(11-14-44(59)75)63-47(79)33(58)24-91/h7-10,22,26-29,33-43,73-74,91-92H,11-21,23-25,58H2,1-6H3,(H2,59,75)(H2,60,76)(H,61,62)(H,63,79)(H,64,83)(H,65,87)(H,66,80)(H,67,85)(H,68,84)(H,69,88)(H,70,86)(H,71,81)(H,72,82)(H,77,78)(H,89,90)/t33-,34-,35-,36-,37-,38-,39-,40-,41-,42-,43-/m0/s1. The number of hydrogen-bond acceptors (Lipinski definition) is 20. The molecule has 512 valence electrons. The number of aromatic hydroxyl groups is 1. The highest BCUT2D eigenvalue weighted by Gasteiger charge is 2.37. The van der Waals surface area contributed by atoms with Crippen LogP contribution in [-0.4, -0.2) is 198 Å². The van der Waals surface area contributed by atoms with Crippen LogP contribution >= 0.6 is 25.3 Å². The lowest BCUT2D eigenvalue weighted by molar-refractivity contribution is -0.142. The van der Waals surface area contributed by atoms with Crippen LogP contribution in [0.3, 0.4) is 0 Å². The summed E-state index contributed by atoms with van der Waals surface area (Å²) in [4.78, 5) is 193. The summed E-state index contributed by atoms with van der Waals surface area (Å²) in [5.41, 5.74) is 16.9. The number of H-pyrrole nitrogens is 1. The van der Waals surface area contributed by atoms with Gasteiger partial charge < -0.3 is 95.8 Å². The van der Waals surface area contributed by atoms with Gasteiger partial charge in [0.15, 0.2) is 0 Å². The zero-order valence-electron chi connectivity index (χ0n) is 52.0. The molecule has 2 rings (SSSR count). The van der Waals surface area contributed by atoms with Gasteiger partial charge in [0.1, 0.15) is 66.2 Å². The van der Waals surface area contributed by atoms with Crippen molar-refractivity contribution in [2.75, 3.05) is 18.1 Å². The number of imidazole rings is 1. The number of aliphatic carboxylic acids is 2. The largest absolute Gasteiger partial charge is 0.508 e. The number of hydrogen-bond donors (Lipinski definition) is 20. The van der Waals surface area contributed by atoms with Gasteiger partial charge in [0.2, 0.25) is 70.9 Å². The second-order valence-corrected chi connectivity index (χ2v) is 23.8. The molecule has 0 fully saturated rings. The van der Waals surface area contributed by atoms with Crippen molar-refractivity contribution in [3.8, 4) is 5.75 Å². The molecule has 0 saturated carbocycles. The molecule has 0 saturated heterocycles. The van der Waals surface area contributed by atoms with E-state index in [1.807, 2.05) is 0 Å². The number of nitrogens with one attached hydrogen (secondary N) is 11. The van der Waals surface area contributed by atoms with Gasteiger partial charge in [-0.25, -0.2) is 9.78 Å². The van der Waals surface area contributed by atoms with Crippen LogP contribution in [0, 0.1) is 17.8 Å². The van der Waals surface area contributed by atoms with Gasteiger partial charge in [0, 0.05) is 55.5 Å². The Kier molecular flexibility index (Phi) is 34.9. The number of aliphatic hydroxyl groups excluding tert-OH is 1. The summed E-state index contributed by atoms with van der Waals surface area (Å²) in [5.74, 6) is -16.1. The summed E-state index contributed by atoms with van der Waals surface area (Å²) in [6, 6.07) is -11.5. The van der Waals surface area contributed by atoms with Crippen molar-refractivity contribution in [3.05, 3.63) is 48.0 Å². The zero-order valence-corrected chi connectivity index (χ0v) is 53.8. The third-order valence-electron chi connectivity index (χ3n) is 13.7. The average Bonchev–Trinajstić information content (AvgIpc) is 1.24. The molecule has 0 unspecified atom stereocenters. The second kappa shape index (κ2) is 40.3. The van der Waals surface area contributed by atoms with Gasteiger partial charge >= 0.3 is 11.9 Å². The highest BCUT2D eigenvalue weighted by Crippen LogP contribution is 2.16. The van der Waals surface area contributed by atoms with Gasteiger partial charge in [-0.15, -0.1) is 0 Å². The second-order valence-electron chi connectivity index (χ2n) is 23.1. The van der Waals surface area contributed by atoms with E-state index in [0.717, 1.165) is 0 Å². The number of phenolic OH excluding ortho intramolecular Hbond substituents is 1. The molecule has 1 aromatic heterocycles. The zero-order chi connectivity index (χ0) is 69.5. The summed E-state index contributed by atoms with van der Waals surface area (Å²) in [6.45, 7) is 9.25. The third kappa shape index (κ3) is 29.6. The van der Waals surface area contributed by atoms with Crippen molar-refractivity contribution in [2.45, 2.75) is 179 Å². The van der Waals surface area contributed by atoms with E-state index in [1.165, 1.54) is 36.8 Å². The Labute approximate surface area is 542 Å². The number of thiol groups is 2. The fourth-order valence-electron chi connectivity index (χ4n) is 8.85. The van der Waals surface area contributed by atoms with Gasteiger partial charge in [-0.2, -0.15) is 25.3 Å². The number of carbonyl (C=O) groups excluding carboxylic acids is 12. The fourth-order valence-corrected chi connectivity index (χ4v) is 9.26. The predicted molar refractivity (Wildman–Crippen MR) is 336 cm³/mol. The van der Waals surface area contributed by atoms with E-state index in [0.29, 0.717) is 5.56 Å². The Morgan fingerprint density at radius 3 is 1.15 bits per heavy atom. The first-order valence-electron chi connectivity index (χ1n) is 29.6. The Morgan fingerprint density at radius 1 is 0.467 bits per heavy atom. The fraction of sp³-hybridized carbons (Fsp3) is 0.596. The Morgan fingerprint density at radius 2 is 0.804 bits per heavy atom. The van der Waals surface area contributed by atoms with Crippen LogP contribution in [0.1, 0.15) is 111 Å². The monoisotopic (exact) mass is 1340 g/mol. The summed E-state index contributed by atoms with van der Waals surface area (Å²) in [7, 11) is 0. The highest BCUT2D eigenvalue weighted by molar-refractivity contribution is 7.80. The number of aromatic nitrogens is 2. The lowest BCUT2D eigenvalue weighted by atomic mass is 9.98. The van der Waals surface area contributed by atoms with E-state index in [-0.39, 0.29) is 85.6 Å². The molecule has 0 radical (unpaired) electrons. The highest BCUT2D eigenvalue weighted by atomic mass is 32.1. The smallest absolute Gasteiger partial charge is 0.327 e. The number of amides is 12. The number of carboxylic acids is 2. The molecule has 0 spiro atoms. The van der Waals surface area contributed by atoms with Crippen LogP contribution in [-0.2, 0) is 80.0 Å². The van der Waals surface area contributed by atoms with Gasteiger partial charge in [0.05, 0.1) is 19.0 Å². The van der Waals surface area contributed by atoms with Crippen molar-refractivity contribution in [1.29, 1.82) is 0 Å². The molecule has 0 aliphatic rings. The van der Waals surface area contributed by atoms with E-state index in [9.17, 15) is 87.5 Å². The Bertz CT molecular complexity index is 2850. The molecule has 11 atom stereocenters. The summed E-state index contributed by atoms with van der Waals surface area (Å²) < 4.78 is 0. The first-order chi connectivity index (χ1) is 43.2. The van der Waals surface area contributed by atoms with Crippen LogP contribution in [0.25, 0.3) is 0 Å². The minimum atomic E-state index is -1.83. The third-order valence-corrected chi connectivity index (χ3v) is 14.5. The van der Waals surface area contributed by atoms with Crippen molar-refractivity contribution >= 4 is 108 Å². The van der Waals surface area contributed by atoms with Gasteiger partial charge in [-0.05, 0) is 74.0 Å². The SMILES string of the molecule is CC(C)C[C@H](NC(=O)[C@H](CC(C)C)NC(=O)[C@H](CC(C)C)NC(=O)[C@H](CCC(=O)O)NC(=O)[C@H](Cc1cnc[nH]1)NC(=O)[C@H](Cc1ccc(O)cc1)NC(=O)[C@H](CO)NC(=O)[C@H](CCC(N)=O)NC(=O)[C@@H](N)CS)C(=O)N[C@@H](CCC(N)=O)C(=O)N[C@@H](CS)C(=O)O. The average molecular weight is 1340 g/mol. The molecular weight excluding hydrogens is 1250 g/mol. The first-order valence-corrected chi connectivity index (χ1v) is 30.8. The van der Waals surface area contributed by atoms with E-state index in [4.69, 9.17) is 17.2 Å². The minimum absolute atomic E-state index is 0.0232. The molecular formula is C57H89N15O18S2. The molecule has 92 heavy (non-hydrogen) atoms. The van der Waals surface area contributed by atoms with Crippen LogP contribution in [0.15, 0.2) is 36.8 Å². The number of nitrogens with two attached hydrogens (primary N) is 3. The van der Waals surface area contributed by atoms with Crippen LogP contribution in [0.5, 0.6) is 5.75 Å². The number of carboxylic acid groups (broad SMARTS) is 2. The lowest BCUT2D eigenvalue weighted by Crippen LogP contribution is -2.61. The molecule has 21 N–H and O–H groups in total. The van der Waals surface area contributed by atoms with Crippen LogP contribution < -0.4 is 70.4 Å². The summed E-state index contributed by atoms with van der Waals surface area (Å²) in [6.07, 6.45) is -1.18.